The van der Waals surface area contributed by atoms with Crippen molar-refractivity contribution in [3.8, 4) is 45.5 Å². The second kappa shape index (κ2) is 10.9. The molecule has 0 atom stereocenters. The van der Waals surface area contributed by atoms with Gasteiger partial charge in [-0.15, -0.1) is 0 Å². The molecule has 0 aliphatic heterocycles. The molecule has 0 unspecified atom stereocenters. The number of rotatable bonds is 3. The van der Waals surface area contributed by atoms with Crippen molar-refractivity contribution in [2.24, 2.45) is 0 Å². The van der Waals surface area contributed by atoms with Gasteiger partial charge in [0.15, 0.2) is 5.82 Å². The van der Waals surface area contributed by atoms with Crippen LogP contribution in [0.2, 0.25) is 0 Å². The minimum absolute atomic E-state index is 0.0170. The van der Waals surface area contributed by atoms with Crippen molar-refractivity contribution in [2.75, 3.05) is 0 Å². The lowest BCUT2D eigenvalue weighted by Gasteiger charge is -2.22. The summed E-state index contributed by atoms with van der Waals surface area (Å²) in [4.78, 5) is 15.5. The van der Waals surface area contributed by atoms with E-state index in [4.69, 9.17) is 21.8 Å². The Kier molecular flexibility index (Phi) is 5.22. The maximum Gasteiger partial charge on any atom is 0.240 e. The lowest BCUT2D eigenvalue weighted by Crippen LogP contribution is -2.15. The standard InChI is InChI=1S/C51H37N5/c1-50(2)39-22-12-8-18-31(39)35-26-37-33-20-10-14-24-43(33)55(45(37)28-41(35)50)48-52-47(30-16-6-5-7-17-30)53-49(54-48)56-44-25-15-11-21-34(44)38-27-36-32-19-9-13-23-40(32)51(3,4)42(36)29-46(38)56/h5-29H,1-4H3/i5D,6D,7D,16D,17D. The van der Waals surface area contributed by atoms with E-state index in [-0.39, 0.29) is 46.2 Å². The smallest absolute Gasteiger partial charge is 0.240 e. The molecule has 0 N–H and O–H groups in total. The van der Waals surface area contributed by atoms with E-state index in [9.17, 15) is 0 Å². The van der Waals surface area contributed by atoms with Crippen LogP contribution in [0.25, 0.3) is 89.2 Å². The molecule has 5 nitrogen and oxygen atoms in total. The van der Waals surface area contributed by atoms with Crippen molar-refractivity contribution in [3.63, 3.8) is 0 Å². The number of fused-ring (bicyclic) bond motifs is 12. The number of hydrogen-bond acceptors (Lipinski definition) is 3. The molecule has 56 heavy (non-hydrogen) atoms. The summed E-state index contributed by atoms with van der Waals surface area (Å²) >= 11 is 0. The summed E-state index contributed by atoms with van der Waals surface area (Å²) in [5.41, 5.74) is 12.6. The Morgan fingerprint density at radius 2 is 0.875 bits per heavy atom. The van der Waals surface area contributed by atoms with Crippen molar-refractivity contribution in [1.29, 1.82) is 0 Å². The summed E-state index contributed by atoms with van der Waals surface area (Å²) in [6.45, 7) is 9.03. The SMILES string of the molecule is [2H]c1c([2H])c([2H])c(-c2nc(-n3c4ccccc4c4cc5c(cc43)C(C)(C)c3ccccc3-5)nc(-n3c4ccccc4c4cc5c(cc43)C(C)(C)c3ccccc3-5)n2)c([2H])c1[2H]. The molecule has 2 aliphatic rings. The zero-order valence-electron chi connectivity index (χ0n) is 36.3. The Balaban J connectivity index is 1.21. The maximum atomic E-state index is 9.08. The summed E-state index contributed by atoms with van der Waals surface area (Å²) in [6.07, 6.45) is 0. The normalized spacial score (nSPS) is 16.0. The fraction of sp³-hybridized carbons (Fsp3) is 0.118. The maximum absolute atomic E-state index is 9.08. The van der Waals surface area contributed by atoms with Gasteiger partial charge in [0.1, 0.15) is 0 Å². The molecule has 0 saturated heterocycles. The van der Waals surface area contributed by atoms with Crippen LogP contribution in [0, 0.1) is 0 Å². The molecule has 2 aliphatic carbocycles. The molecule has 10 aromatic rings. The molecule has 12 rings (SSSR count). The second-order valence-electron chi connectivity index (χ2n) is 16.1. The van der Waals surface area contributed by atoms with Crippen LogP contribution in [0.5, 0.6) is 0 Å². The van der Waals surface area contributed by atoms with Crippen LogP contribution in [-0.2, 0) is 10.8 Å². The highest BCUT2D eigenvalue weighted by atomic mass is 15.3. The fourth-order valence-corrected chi connectivity index (χ4v) is 9.78. The first kappa shape index (κ1) is 26.8. The van der Waals surface area contributed by atoms with Gasteiger partial charge in [-0.05, 0) is 80.9 Å². The van der Waals surface area contributed by atoms with Crippen LogP contribution in [-0.4, -0.2) is 24.1 Å². The van der Waals surface area contributed by atoms with Crippen LogP contribution < -0.4 is 0 Å². The molecule has 3 heterocycles. The van der Waals surface area contributed by atoms with Crippen LogP contribution in [0.1, 0.15) is 56.8 Å². The fourth-order valence-electron chi connectivity index (χ4n) is 9.78. The lowest BCUT2D eigenvalue weighted by molar-refractivity contribution is 0.661. The average molecular weight is 725 g/mol. The molecule has 0 bridgehead atoms. The highest BCUT2D eigenvalue weighted by Crippen LogP contribution is 2.52. The van der Waals surface area contributed by atoms with E-state index in [2.05, 4.69) is 125 Å². The lowest BCUT2D eigenvalue weighted by atomic mass is 9.82. The number of benzene rings is 7. The summed E-state index contributed by atoms with van der Waals surface area (Å²) in [5.74, 6) is 0.522. The molecular weight excluding hydrogens is 683 g/mol. The molecule has 266 valence electrons. The second-order valence-corrected chi connectivity index (χ2v) is 16.1. The van der Waals surface area contributed by atoms with Gasteiger partial charge in [-0.2, -0.15) is 15.0 Å². The van der Waals surface area contributed by atoms with Crippen molar-refractivity contribution < 1.29 is 6.85 Å². The summed E-state index contributed by atoms with van der Waals surface area (Å²) in [6, 6.07) is 40.5. The summed E-state index contributed by atoms with van der Waals surface area (Å²) < 4.78 is 47.9. The first-order valence-electron chi connectivity index (χ1n) is 21.6. The van der Waals surface area contributed by atoms with Gasteiger partial charge in [0.25, 0.3) is 0 Å². The third kappa shape index (κ3) is 4.07. The van der Waals surface area contributed by atoms with Gasteiger partial charge in [0.05, 0.1) is 28.9 Å². The Morgan fingerprint density at radius 1 is 0.429 bits per heavy atom. The predicted octanol–water partition coefficient (Wildman–Crippen LogP) is 12.3. The van der Waals surface area contributed by atoms with E-state index in [1.807, 2.05) is 33.4 Å². The quantitative estimate of drug-likeness (QED) is 0.182. The molecular formula is C51H37N5. The van der Waals surface area contributed by atoms with Gasteiger partial charge >= 0.3 is 0 Å². The van der Waals surface area contributed by atoms with Crippen molar-refractivity contribution in [3.05, 3.63) is 174 Å². The zero-order valence-corrected chi connectivity index (χ0v) is 31.3. The molecule has 0 amide bonds. The van der Waals surface area contributed by atoms with Gasteiger partial charge in [0.2, 0.25) is 11.9 Å². The first-order chi connectivity index (χ1) is 29.4. The zero-order chi connectivity index (χ0) is 41.9. The number of nitrogens with zero attached hydrogens (tertiary/aromatic N) is 5. The molecule has 3 aromatic heterocycles. The van der Waals surface area contributed by atoms with Crippen molar-refractivity contribution in [1.82, 2.24) is 24.1 Å². The van der Waals surface area contributed by atoms with E-state index in [1.165, 1.54) is 44.5 Å². The molecule has 0 saturated carbocycles. The monoisotopic (exact) mass is 724 g/mol. The van der Waals surface area contributed by atoms with Crippen LogP contribution >= 0.6 is 0 Å². The predicted molar refractivity (Wildman–Crippen MR) is 229 cm³/mol. The van der Waals surface area contributed by atoms with Crippen molar-refractivity contribution >= 4 is 43.6 Å². The van der Waals surface area contributed by atoms with Crippen LogP contribution in [0.15, 0.2) is 152 Å². The van der Waals surface area contributed by atoms with E-state index < -0.39 is 18.1 Å². The van der Waals surface area contributed by atoms with Gasteiger partial charge < -0.3 is 0 Å². The summed E-state index contributed by atoms with van der Waals surface area (Å²) in [7, 11) is 0. The Labute approximate surface area is 331 Å². The Bertz CT molecular complexity index is 3390. The van der Waals surface area contributed by atoms with E-state index >= 15 is 0 Å². The third-order valence-electron chi connectivity index (χ3n) is 12.5. The van der Waals surface area contributed by atoms with Gasteiger partial charge in [0, 0.05) is 37.9 Å². The first-order valence-corrected chi connectivity index (χ1v) is 19.1. The van der Waals surface area contributed by atoms with Gasteiger partial charge in [-0.1, -0.05) is 143 Å². The van der Waals surface area contributed by atoms with E-state index in [0.29, 0.717) is 0 Å². The van der Waals surface area contributed by atoms with Crippen LogP contribution in [0.4, 0.5) is 0 Å². The number of para-hydroxylation sites is 2. The topological polar surface area (TPSA) is 48.5 Å². The average Bonchev–Trinajstić information content (AvgIpc) is 3.92. The van der Waals surface area contributed by atoms with E-state index in [0.717, 1.165) is 43.6 Å². The third-order valence-corrected chi connectivity index (χ3v) is 12.5. The highest BCUT2D eigenvalue weighted by Gasteiger charge is 2.38. The minimum Gasteiger partial charge on any atom is -0.278 e. The molecule has 0 fully saturated rings. The highest BCUT2D eigenvalue weighted by molar-refractivity contribution is 6.13. The molecule has 7 aromatic carbocycles. The van der Waals surface area contributed by atoms with Gasteiger partial charge in [-0.3, -0.25) is 9.13 Å². The molecule has 0 spiro atoms. The summed E-state index contributed by atoms with van der Waals surface area (Å²) in [5, 5.41) is 4.09. The van der Waals surface area contributed by atoms with Gasteiger partial charge in [-0.25, -0.2) is 0 Å². The largest absolute Gasteiger partial charge is 0.278 e. The van der Waals surface area contributed by atoms with Crippen molar-refractivity contribution in [2.45, 2.75) is 38.5 Å². The van der Waals surface area contributed by atoms with Crippen LogP contribution in [0.3, 0.4) is 0 Å². The number of hydrogen-bond donors (Lipinski definition) is 0. The molecule has 5 heteroatoms. The Hall–Kier alpha value is -6.85. The minimum atomic E-state index is -0.479. The Morgan fingerprint density at radius 3 is 1.38 bits per heavy atom. The molecule has 0 radical (unpaired) electrons. The number of aromatic nitrogens is 5. The van der Waals surface area contributed by atoms with E-state index in [1.54, 1.807) is 0 Å².